The average molecular weight is 352 g/mol. The lowest BCUT2D eigenvalue weighted by molar-refractivity contribution is -0.118. The van der Waals surface area contributed by atoms with Gasteiger partial charge in [0.25, 0.3) is 5.91 Å². The number of carbonyl (C=O) groups is 2. The van der Waals surface area contributed by atoms with Crippen molar-refractivity contribution in [1.29, 1.82) is 0 Å². The molecular formula is C19H20N4O3. The van der Waals surface area contributed by atoms with Crippen LogP contribution in [0, 0.1) is 5.41 Å². The molecule has 0 fully saturated rings. The van der Waals surface area contributed by atoms with Crippen molar-refractivity contribution < 1.29 is 14.7 Å². The van der Waals surface area contributed by atoms with Gasteiger partial charge in [0.1, 0.15) is 23.2 Å². The van der Waals surface area contributed by atoms with Crippen molar-refractivity contribution in [1.82, 2.24) is 9.78 Å². The molecule has 1 aliphatic carbocycles. The van der Waals surface area contributed by atoms with E-state index in [1.807, 2.05) is 13.8 Å². The number of Topliss-reactive ketones (excluding diaryl/α,β-unsaturated/α-hetero) is 1. The first kappa shape index (κ1) is 16.4. The van der Waals surface area contributed by atoms with Crippen molar-refractivity contribution in [3.63, 3.8) is 0 Å². The second-order valence-corrected chi connectivity index (χ2v) is 7.67. The summed E-state index contributed by atoms with van der Waals surface area (Å²) in [7, 11) is 0. The Hall–Kier alpha value is -3.09. The number of amides is 1. The number of rotatable bonds is 2. The molecule has 1 amide bonds. The lowest BCUT2D eigenvalue weighted by Gasteiger charge is -2.39. The van der Waals surface area contributed by atoms with Gasteiger partial charge in [0.15, 0.2) is 5.78 Å². The molecule has 1 aromatic heterocycles. The summed E-state index contributed by atoms with van der Waals surface area (Å²) in [6, 6.07) is 6.22. The van der Waals surface area contributed by atoms with Crippen LogP contribution in [0.4, 0.5) is 5.82 Å². The van der Waals surface area contributed by atoms with Gasteiger partial charge in [0, 0.05) is 17.7 Å². The van der Waals surface area contributed by atoms with Gasteiger partial charge in [0.2, 0.25) is 0 Å². The quantitative estimate of drug-likeness (QED) is 0.768. The molecule has 1 aromatic carbocycles. The number of aromatic nitrogens is 2. The number of aromatic hydroxyl groups is 1. The zero-order chi connectivity index (χ0) is 18.6. The van der Waals surface area contributed by atoms with Crippen molar-refractivity contribution in [2.45, 2.75) is 32.7 Å². The fourth-order valence-corrected chi connectivity index (χ4v) is 3.86. The first-order chi connectivity index (χ1) is 12.3. The fraction of sp³-hybridized carbons (Fsp3) is 0.316. The van der Waals surface area contributed by atoms with Crippen LogP contribution in [0.15, 0.2) is 41.7 Å². The SMILES string of the molecule is CC1(C)CC(=O)C2=C(C1)Nc1c(C(N)=O)cnn1C2c1ccc(O)cc1. The maximum Gasteiger partial charge on any atom is 0.254 e. The van der Waals surface area contributed by atoms with Crippen LogP contribution in [0.3, 0.4) is 0 Å². The molecule has 0 saturated carbocycles. The molecule has 7 nitrogen and oxygen atoms in total. The smallest absolute Gasteiger partial charge is 0.254 e. The van der Waals surface area contributed by atoms with Gasteiger partial charge in [-0.25, -0.2) is 4.68 Å². The summed E-state index contributed by atoms with van der Waals surface area (Å²) in [5.41, 5.74) is 7.88. The zero-order valence-corrected chi connectivity index (χ0v) is 14.6. The first-order valence-corrected chi connectivity index (χ1v) is 8.46. The summed E-state index contributed by atoms with van der Waals surface area (Å²) in [6.07, 6.45) is 2.56. The monoisotopic (exact) mass is 352 g/mol. The number of primary amides is 1. The van der Waals surface area contributed by atoms with Crippen molar-refractivity contribution in [2.24, 2.45) is 11.1 Å². The summed E-state index contributed by atoms with van der Waals surface area (Å²) < 4.78 is 1.63. The molecule has 26 heavy (non-hydrogen) atoms. The van der Waals surface area contributed by atoms with Crippen LogP contribution in [0.25, 0.3) is 0 Å². The number of nitrogens with zero attached hydrogens (tertiary/aromatic N) is 2. The third kappa shape index (κ3) is 2.47. The van der Waals surface area contributed by atoms with Crippen LogP contribution in [0.2, 0.25) is 0 Å². The second-order valence-electron chi connectivity index (χ2n) is 7.67. The van der Waals surface area contributed by atoms with Crippen LogP contribution in [0.5, 0.6) is 5.75 Å². The van der Waals surface area contributed by atoms with E-state index in [2.05, 4.69) is 10.4 Å². The average Bonchev–Trinajstić information content (AvgIpc) is 2.96. The summed E-state index contributed by atoms with van der Waals surface area (Å²) >= 11 is 0. The molecule has 7 heteroatoms. The molecule has 4 rings (SSSR count). The van der Waals surface area contributed by atoms with Gasteiger partial charge in [-0.2, -0.15) is 5.10 Å². The van der Waals surface area contributed by atoms with Gasteiger partial charge in [-0.05, 0) is 29.5 Å². The van der Waals surface area contributed by atoms with Crippen LogP contribution in [0.1, 0.15) is 48.7 Å². The number of phenolic OH excluding ortho intramolecular Hbond substituents is 1. The van der Waals surface area contributed by atoms with E-state index in [4.69, 9.17) is 5.73 Å². The number of hydrogen-bond donors (Lipinski definition) is 3. The van der Waals surface area contributed by atoms with Crippen LogP contribution in [-0.2, 0) is 4.79 Å². The fourth-order valence-electron chi connectivity index (χ4n) is 3.86. The lowest BCUT2D eigenvalue weighted by atomic mass is 9.73. The van der Waals surface area contributed by atoms with Crippen LogP contribution < -0.4 is 11.1 Å². The van der Waals surface area contributed by atoms with E-state index in [1.165, 1.54) is 6.20 Å². The number of carbonyl (C=O) groups excluding carboxylic acids is 2. The molecular weight excluding hydrogens is 332 g/mol. The zero-order valence-electron chi connectivity index (χ0n) is 14.6. The summed E-state index contributed by atoms with van der Waals surface area (Å²) in [6.45, 7) is 4.10. The Kier molecular flexibility index (Phi) is 3.44. The number of anilines is 1. The van der Waals surface area contributed by atoms with Gasteiger partial charge in [-0.1, -0.05) is 26.0 Å². The molecule has 1 atom stereocenters. The highest BCUT2D eigenvalue weighted by atomic mass is 16.3. The summed E-state index contributed by atoms with van der Waals surface area (Å²) in [4.78, 5) is 24.8. The van der Waals surface area contributed by atoms with Crippen molar-refractivity contribution in [3.05, 3.63) is 52.9 Å². The van der Waals surface area contributed by atoms with E-state index in [0.29, 0.717) is 24.2 Å². The number of fused-ring (bicyclic) bond motifs is 1. The molecule has 0 radical (unpaired) electrons. The second kappa shape index (κ2) is 5.45. The van der Waals surface area contributed by atoms with E-state index in [-0.39, 0.29) is 22.5 Å². The highest BCUT2D eigenvalue weighted by molar-refractivity contribution is 6.02. The maximum absolute atomic E-state index is 13.0. The number of ketones is 1. The molecule has 2 aliphatic rings. The van der Waals surface area contributed by atoms with Crippen LogP contribution in [-0.4, -0.2) is 26.6 Å². The lowest BCUT2D eigenvalue weighted by Crippen LogP contribution is -2.37. The highest BCUT2D eigenvalue weighted by Gasteiger charge is 2.42. The van der Waals surface area contributed by atoms with E-state index in [1.54, 1.807) is 28.9 Å². The molecule has 1 aliphatic heterocycles. The van der Waals surface area contributed by atoms with E-state index >= 15 is 0 Å². The molecule has 0 saturated heterocycles. The first-order valence-electron chi connectivity index (χ1n) is 8.46. The Balaban J connectivity index is 1.94. The van der Waals surface area contributed by atoms with Gasteiger partial charge in [-0.15, -0.1) is 0 Å². The normalized spacial score (nSPS) is 21.0. The molecule has 1 unspecified atom stereocenters. The Bertz CT molecular complexity index is 954. The summed E-state index contributed by atoms with van der Waals surface area (Å²) in [5, 5.41) is 17.2. The van der Waals surface area contributed by atoms with Gasteiger partial charge in [0.05, 0.1) is 6.20 Å². The van der Waals surface area contributed by atoms with Crippen molar-refractivity contribution in [3.8, 4) is 5.75 Å². The predicted octanol–water partition coefficient (Wildman–Crippen LogP) is 2.35. The maximum atomic E-state index is 13.0. The Morgan fingerprint density at radius 1 is 1.31 bits per heavy atom. The number of phenols is 1. The van der Waals surface area contributed by atoms with Crippen molar-refractivity contribution in [2.75, 3.05) is 5.32 Å². The molecule has 2 heterocycles. The third-order valence-corrected chi connectivity index (χ3v) is 4.98. The number of nitrogens with two attached hydrogens (primary N) is 1. The number of hydrogen-bond acceptors (Lipinski definition) is 5. The molecule has 0 bridgehead atoms. The summed E-state index contributed by atoms with van der Waals surface area (Å²) in [5.74, 6) is 0.128. The highest BCUT2D eigenvalue weighted by Crippen LogP contribution is 2.46. The van der Waals surface area contributed by atoms with E-state index < -0.39 is 11.9 Å². The Labute approximate surface area is 150 Å². The minimum Gasteiger partial charge on any atom is -0.508 e. The van der Waals surface area contributed by atoms with E-state index in [0.717, 1.165) is 11.3 Å². The minimum atomic E-state index is -0.575. The third-order valence-electron chi connectivity index (χ3n) is 4.98. The van der Waals surface area contributed by atoms with Crippen molar-refractivity contribution >= 4 is 17.5 Å². The minimum absolute atomic E-state index is 0.0589. The Morgan fingerprint density at radius 3 is 2.65 bits per heavy atom. The number of nitrogens with one attached hydrogen (secondary N) is 1. The van der Waals surface area contributed by atoms with Crippen LogP contribution >= 0.6 is 0 Å². The number of benzene rings is 1. The molecule has 0 spiro atoms. The predicted molar refractivity (Wildman–Crippen MR) is 95.7 cm³/mol. The molecule has 2 aromatic rings. The van der Waals surface area contributed by atoms with Gasteiger partial charge in [-0.3, -0.25) is 9.59 Å². The Morgan fingerprint density at radius 2 is 2.00 bits per heavy atom. The number of allylic oxidation sites excluding steroid dienone is 2. The van der Waals surface area contributed by atoms with Gasteiger partial charge < -0.3 is 16.2 Å². The topological polar surface area (TPSA) is 110 Å². The van der Waals surface area contributed by atoms with E-state index in [9.17, 15) is 14.7 Å². The molecule has 4 N–H and O–H groups in total. The molecule has 134 valence electrons. The standard InChI is InChI=1S/C19H20N4O3/c1-19(2)7-13-15(14(25)8-19)16(10-3-5-11(24)6-4-10)23-18(22-13)12(9-21-23)17(20)26/h3-6,9,16,22,24H,7-8H2,1-2H3,(H2,20,26). The van der Waals surface area contributed by atoms with Gasteiger partial charge >= 0.3 is 0 Å². The largest absolute Gasteiger partial charge is 0.508 e.